The van der Waals surface area contributed by atoms with E-state index >= 15 is 0 Å². The molecule has 1 nitrogen and oxygen atoms in total. The van der Waals surface area contributed by atoms with Crippen molar-refractivity contribution in [2.24, 2.45) is 0 Å². The average Bonchev–Trinajstić information content (AvgIpc) is 3.45. The normalized spacial score (nSPS) is 20.2. The summed E-state index contributed by atoms with van der Waals surface area (Å²) in [5, 5.41) is 0. The van der Waals surface area contributed by atoms with E-state index in [4.69, 9.17) is 0 Å². The summed E-state index contributed by atoms with van der Waals surface area (Å²) in [5.41, 5.74) is 23.3. The van der Waals surface area contributed by atoms with E-state index in [2.05, 4.69) is 220 Å². The van der Waals surface area contributed by atoms with Crippen molar-refractivity contribution in [2.45, 2.75) is 76.5 Å². The minimum atomic E-state index is -0.688. The Morgan fingerprint density at radius 1 is 0.550 bits per heavy atom. The first-order chi connectivity index (χ1) is 29.5. The Morgan fingerprint density at radius 2 is 1.08 bits per heavy atom. The molecule has 4 aliphatic rings. The van der Waals surface area contributed by atoms with Crippen molar-refractivity contribution in [1.82, 2.24) is 0 Å². The highest BCUT2D eigenvalue weighted by Gasteiger charge is 2.47. The van der Waals surface area contributed by atoms with Crippen LogP contribution in [0.15, 0.2) is 205 Å². The molecule has 0 unspecified atom stereocenters. The van der Waals surface area contributed by atoms with E-state index in [1.165, 1.54) is 110 Å². The lowest BCUT2D eigenvalue weighted by Gasteiger charge is -2.42. The SMILES string of the molecule is C/C=C1\C(=C/C2=C=C/C=C\C(=C/C)C3(c4ccccc4-c4ccccc4-c4ccccc43)c3ccccc3N2c2ccccc2C2CCCCC2)C(C)(C)c2ccccc21. The van der Waals surface area contributed by atoms with Crippen LogP contribution in [0.2, 0.25) is 0 Å². The van der Waals surface area contributed by atoms with Gasteiger partial charge in [0.15, 0.2) is 0 Å². The third-order valence-electron chi connectivity index (χ3n) is 14.0. The van der Waals surface area contributed by atoms with Gasteiger partial charge in [-0.1, -0.05) is 197 Å². The minimum Gasteiger partial charge on any atom is -0.303 e. The monoisotopic (exact) mass is 775 g/mol. The number of allylic oxidation sites excluding steroid dienone is 8. The summed E-state index contributed by atoms with van der Waals surface area (Å²) in [6.45, 7) is 9.17. The molecule has 0 N–H and O–H groups in total. The van der Waals surface area contributed by atoms with Crippen molar-refractivity contribution in [3.63, 3.8) is 0 Å². The van der Waals surface area contributed by atoms with E-state index in [-0.39, 0.29) is 5.41 Å². The van der Waals surface area contributed by atoms with E-state index in [1.807, 2.05) is 0 Å². The van der Waals surface area contributed by atoms with E-state index in [1.54, 1.807) is 0 Å². The average molecular weight is 776 g/mol. The van der Waals surface area contributed by atoms with Gasteiger partial charge in [0.25, 0.3) is 0 Å². The van der Waals surface area contributed by atoms with Gasteiger partial charge in [0.1, 0.15) is 0 Å². The van der Waals surface area contributed by atoms with Crippen molar-refractivity contribution in [3.05, 3.63) is 238 Å². The molecule has 0 radical (unpaired) electrons. The smallest absolute Gasteiger partial charge is 0.0893 e. The summed E-state index contributed by atoms with van der Waals surface area (Å²) in [5.74, 6) is 0.488. The van der Waals surface area contributed by atoms with E-state index in [0.29, 0.717) is 5.92 Å². The molecule has 6 aromatic carbocycles. The number of anilines is 2. The molecule has 0 saturated heterocycles. The zero-order chi connectivity index (χ0) is 40.8. The maximum Gasteiger partial charge on any atom is 0.0893 e. The maximum atomic E-state index is 3.95. The van der Waals surface area contributed by atoms with E-state index in [9.17, 15) is 0 Å². The highest BCUT2D eigenvalue weighted by atomic mass is 15.2. The summed E-state index contributed by atoms with van der Waals surface area (Å²) in [4.78, 5) is 2.59. The molecule has 1 heteroatoms. The molecule has 1 fully saturated rings. The largest absolute Gasteiger partial charge is 0.303 e. The molecule has 1 aliphatic heterocycles. The van der Waals surface area contributed by atoms with Gasteiger partial charge in [-0.25, -0.2) is 0 Å². The molecule has 1 saturated carbocycles. The van der Waals surface area contributed by atoms with Crippen LogP contribution in [0.25, 0.3) is 27.8 Å². The predicted molar refractivity (Wildman–Crippen MR) is 254 cm³/mol. The Morgan fingerprint density at radius 3 is 1.72 bits per heavy atom. The van der Waals surface area contributed by atoms with Crippen LogP contribution < -0.4 is 4.90 Å². The Balaban J connectivity index is 1.35. The molecule has 3 aliphatic carbocycles. The van der Waals surface area contributed by atoms with Crippen LogP contribution in [0.5, 0.6) is 0 Å². The number of hydrogen-bond acceptors (Lipinski definition) is 1. The number of fused-ring (bicyclic) bond motifs is 10. The third-order valence-corrected chi connectivity index (χ3v) is 14.0. The van der Waals surface area contributed by atoms with Crippen LogP contribution in [0.4, 0.5) is 11.4 Å². The van der Waals surface area contributed by atoms with Gasteiger partial charge in [-0.2, -0.15) is 0 Å². The number of hydrogen-bond donors (Lipinski definition) is 0. The van der Waals surface area contributed by atoms with Gasteiger partial charge < -0.3 is 4.90 Å². The predicted octanol–water partition coefficient (Wildman–Crippen LogP) is 15.7. The van der Waals surface area contributed by atoms with Crippen molar-refractivity contribution >= 4 is 16.9 Å². The molecular formula is C59H53N. The first-order valence-corrected chi connectivity index (χ1v) is 22.0. The van der Waals surface area contributed by atoms with Gasteiger partial charge in [-0.15, -0.1) is 0 Å². The summed E-state index contributed by atoms with van der Waals surface area (Å²) >= 11 is 0. The molecule has 1 spiro atoms. The Bertz CT molecular complexity index is 2770. The van der Waals surface area contributed by atoms with Crippen LogP contribution in [-0.4, -0.2) is 0 Å². The van der Waals surface area contributed by atoms with Crippen LogP contribution in [-0.2, 0) is 10.8 Å². The van der Waals surface area contributed by atoms with Crippen LogP contribution >= 0.6 is 0 Å². The number of rotatable bonds is 3. The minimum absolute atomic E-state index is 0.212. The summed E-state index contributed by atoms with van der Waals surface area (Å²) in [7, 11) is 0. The standard InChI is InChI=1S/C59H53N/c1-5-42-26-10-11-27-43(40-55-44(6-2)48-31-14-18-34-51(48)58(55,3)4)60(56-38-22-17-28-45(56)41-24-8-7-9-25-41)57-39-23-21-37-54(57)59(42)52-35-19-15-32-49(52)46-29-12-13-30-47(46)50-33-16-20-36-53(50)59/h5-6,10-23,26,28-41H,7-9,24-25H2,1-4H3/b26-10-,42-5+,44-6-,55-40+. The fourth-order valence-electron chi connectivity index (χ4n) is 11.3. The lowest BCUT2D eigenvalue weighted by atomic mass is 9.62. The van der Waals surface area contributed by atoms with Crippen molar-refractivity contribution in [3.8, 4) is 22.3 Å². The second-order valence-corrected chi connectivity index (χ2v) is 17.4. The lowest BCUT2D eigenvalue weighted by Crippen LogP contribution is -2.34. The first kappa shape index (κ1) is 37.8. The maximum absolute atomic E-state index is 3.95. The first-order valence-electron chi connectivity index (χ1n) is 22.0. The highest BCUT2D eigenvalue weighted by molar-refractivity contribution is 5.95. The molecule has 0 atom stereocenters. The Labute approximate surface area is 357 Å². The fraction of sp³-hybridized carbons (Fsp3) is 0.203. The topological polar surface area (TPSA) is 3.24 Å². The molecule has 60 heavy (non-hydrogen) atoms. The van der Waals surface area contributed by atoms with Crippen LogP contribution in [0.3, 0.4) is 0 Å². The quantitative estimate of drug-likeness (QED) is 0.162. The Hall–Kier alpha value is -6.40. The summed E-state index contributed by atoms with van der Waals surface area (Å²) < 4.78 is 0. The third kappa shape index (κ3) is 5.83. The van der Waals surface area contributed by atoms with Gasteiger partial charge in [-0.05, 0) is 129 Å². The van der Waals surface area contributed by atoms with E-state index in [0.717, 1.165) is 11.4 Å². The van der Waals surface area contributed by atoms with Gasteiger partial charge in [0.05, 0.1) is 22.5 Å². The van der Waals surface area contributed by atoms with Gasteiger partial charge in [0, 0.05) is 5.41 Å². The van der Waals surface area contributed by atoms with Crippen molar-refractivity contribution in [2.75, 3.05) is 4.90 Å². The number of benzene rings is 6. The lowest BCUT2D eigenvalue weighted by molar-refractivity contribution is 0.444. The molecule has 0 aromatic heterocycles. The molecule has 0 bridgehead atoms. The van der Waals surface area contributed by atoms with E-state index < -0.39 is 5.41 Å². The second-order valence-electron chi connectivity index (χ2n) is 17.4. The molecule has 0 amide bonds. The van der Waals surface area contributed by atoms with Crippen molar-refractivity contribution < 1.29 is 0 Å². The van der Waals surface area contributed by atoms with Crippen molar-refractivity contribution in [1.29, 1.82) is 0 Å². The molecular weight excluding hydrogens is 723 g/mol. The zero-order valence-electron chi connectivity index (χ0n) is 35.4. The van der Waals surface area contributed by atoms with Gasteiger partial charge >= 0.3 is 0 Å². The Kier molecular flexibility index (Phi) is 9.67. The van der Waals surface area contributed by atoms with Crippen LogP contribution in [0, 0.1) is 0 Å². The molecule has 294 valence electrons. The summed E-state index contributed by atoms with van der Waals surface area (Å²) in [6.07, 6.45) is 20.1. The number of nitrogens with zero attached hydrogens (tertiary/aromatic N) is 1. The zero-order valence-corrected chi connectivity index (χ0v) is 35.4. The molecule has 10 rings (SSSR count). The van der Waals surface area contributed by atoms with Gasteiger partial charge in [-0.3, -0.25) is 0 Å². The van der Waals surface area contributed by atoms with Crippen LogP contribution in [0.1, 0.15) is 99.1 Å². The number of para-hydroxylation sites is 2. The molecule has 6 aromatic rings. The second kappa shape index (κ2) is 15.3. The highest BCUT2D eigenvalue weighted by Crippen LogP contribution is 2.59. The fourth-order valence-corrected chi connectivity index (χ4v) is 11.3. The summed E-state index contributed by atoms with van der Waals surface area (Å²) in [6, 6.07) is 54.9. The molecule has 1 heterocycles. The van der Waals surface area contributed by atoms with Gasteiger partial charge in [0.2, 0.25) is 0 Å².